The molecule has 0 bridgehead atoms. The number of piperidine rings is 2. The van der Waals surface area contributed by atoms with E-state index in [1.54, 1.807) is 26.3 Å². The summed E-state index contributed by atoms with van der Waals surface area (Å²) in [4.78, 5) is 26.3. The van der Waals surface area contributed by atoms with Gasteiger partial charge in [0.1, 0.15) is 17.8 Å². The number of likely N-dealkylation sites (tertiary alicyclic amines) is 2. The maximum Gasteiger partial charge on any atom is 0.272 e. The van der Waals surface area contributed by atoms with Crippen molar-refractivity contribution in [3.05, 3.63) is 51.4 Å². The summed E-state index contributed by atoms with van der Waals surface area (Å²) in [5.41, 5.74) is 2.04. The Kier molecular flexibility index (Phi) is 9.72. The Morgan fingerprint density at radius 2 is 1.87 bits per heavy atom. The van der Waals surface area contributed by atoms with Crippen molar-refractivity contribution in [2.24, 2.45) is 0 Å². The van der Waals surface area contributed by atoms with Crippen LogP contribution in [0.25, 0.3) is 0 Å². The van der Waals surface area contributed by atoms with Crippen molar-refractivity contribution >= 4 is 45.0 Å². The van der Waals surface area contributed by atoms with Crippen LogP contribution in [0.2, 0.25) is 10.0 Å². The normalized spacial score (nSPS) is 21.4. The van der Waals surface area contributed by atoms with Crippen LogP contribution in [-0.4, -0.2) is 103 Å². The van der Waals surface area contributed by atoms with Gasteiger partial charge in [-0.25, -0.2) is 18.4 Å². The van der Waals surface area contributed by atoms with Crippen LogP contribution in [0.5, 0.6) is 0 Å². The van der Waals surface area contributed by atoms with Crippen molar-refractivity contribution in [1.82, 2.24) is 24.1 Å². The van der Waals surface area contributed by atoms with Crippen molar-refractivity contribution in [3.63, 3.8) is 0 Å². The fourth-order valence-corrected chi connectivity index (χ4v) is 6.47. The van der Waals surface area contributed by atoms with Gasteiger partial charge in [-0.3, -0.25) is 9.69 Å². The van der Waals surface area contributed by atoms with E-state index in [4.69, 9.17) is 27.9 Å². The van der Waals surface area contributed by atoms with Gasteiger partial charge in [-0.2, -0.15) is 4.31 Å². The van der Waals surface area contributed by atoms with Gasteiger partial charge in [-0.1, -0.05) is 29.3 Å². The number of hydrogen-bond donors (Lipinski definition) is 1. The Hall–Kier alpha value is -2.02. The average Bonchev–Trinajstić information content (AvgIpc) is 2.92. The summed E-state index contributed by atoms with van der Waals surface area (Å²) in [6, 6.07) is 5.56. The van der Waals surface area contributed by atoms with Crippen molar-refractivity contribution in [3.8, 4) is 0 Å². The summed E-state index contributed by atoms with van der Waals surface area (Å²) in [7, 11) is -0.0379. The van der Waals surface area contributed by atoms with Crippen LogP contribution in [0.4, 0.5) is 5.82 Å². The fourth-order valence-electron chi connectivity index (χ4n) is 5.42. The molecule has 2 fully saturated rings. The molecule has 39 heavy (non-hydrogen) atoms. The highest BCUT2D eigenvalue weighted by atomic mass is 35.5. The lowest BCUT2D eigenvalue weighted by molar-refractivity contribution is -0.0320. The molecule has 1 N–H and O–H groups in total. The Morgan fingerprint density at radius 3 is 2.51 bits per heavy atom. The lowest BCUT2D eigenvalue weighted by atomic mass is 9.96. The second kappa shape index (κ2) is 12.7. The highest BCUT2D eigenvalue weighted by Crippen LogP contribution is 2.27. The summed E-state index contributed by atoms with van der Waals surface area (Å²) in [5.74, 6) is 0.496. The molecule has 2 aliphatic heterocycles. The molecule has 1 unspecified atom stereocenters. The molecule has 0 spiro atoms. The number of nitrogens with zero attached hydrogens (tertiary/aromatic N) is 5. The first-order valence-electron chi connectivity index (χ1n) is 13.0. The molecule has 2 aliphatic rings. The first-order chi connectivity index (χ1) is 18.5. The number of carbonyl (C=O) groups is 1. The molecule has 3 heterocycles. The van der Waals surface area contributed by atoms with E-state index >= 15 is 0 Å². The number of nitrogens with one attached hydrogen (secondary N) is 1. The fraction of sp³-hybridized carbons (Fsp3) is 0.577. The molecule has 2 saturated heterocycles. The van der Waals surface area contributed by atoms with Crippen LogP contribution in [0.3, 0.4) is 0 Å². The summed E-state index contributed by atoms with van der Waals surface area (Å²) in [6.45, 7) is 5.03. The van der Waals surface area contributed by atoms with E-state index in [0.29, 0.717) is 65.8 Å². The highest BCUT2D eigenvalue weighted by molar-refractivity contribution is 7.88. The monoisotopic (exact) mass is 598 g/mol. The van der Waals surface area contributed by atoms with Gasteiger partial charge in [0.05, 0.1) is 28.4 Å². The maximum absolute atomic E-state index is 13.4. The van der Waals surface area contributed by atoms with Gasteiger partial charge in [-0.05, 0) is 43.9 Å². The third-order valence-corrected chi connectivity index (χ3v) is 9.90. The van der Waals surface area contributed by atoms with Crippen molar-refractivity contribution in [2.45, 2.75) is 50.9 Å². The molecule has 1 amide bonds. The topological polar surface area (TPSA) is 108 Å². The number of hydrogen-bond acceptors (Lipinski definition) is 8. The molecule has 13 heteroatoms. The quantitative estimate of drug-likeness (QED) is 0.493. The molecule has 1 aromatic carbocycles. The molecule has 0 aliphatic carbocycles. The van der Waals surface area contributed by atoms with Gasteiger partial charge < -0.3 is 15.0 Å². The van der Waals surface area contributed by atoms with E-state index in [1.165, 1.54) is 16.9 Å². The Morgan fingerprint density at radius 1 is 1.15 bits per heavy atom. The maximum atomic E-state index is 13.4. The van der Waals surface area contributed by atoms with Crippen molar-refractivity contribution in [2.75, 3.05) is 51.9 Å². The van der Waals surface area contributed by atoms with Crippen LogP contribution in [-0.2, 0) is 21.3 Å². The first kappa shape index (κ1) is 30.0. The number of sulfonamides is 1. The lowest BCUT2D eigenvalue weighted by Crippen LogP contribution is -2.58. The Labute approximate surface area is 240 Å². The molecular weight excluding hydrogens is 563 g/mol. The van der Waals surface area contributed by atoms with Crippen LogP contribution in [0, 0.1) is 6.92 Å². The third-order valence-electron chi connectivity index (χ3n) is 7.85. The predicted octanol–water partition coefficient (Wildman–Crippen LogP) is 3.29. The SMILES string of the molecule is CO[C@@H]1CN(C2CCN(C(=O)c3ncnc(NCc4ccc(Cl)c(Cl)c4)c3C)CC2)CCC1N(C)S(C)(=O)=O. The van der Waals surface area contributed by atoms with Gasteiger partial charge in [-0.15, -0.1) is 0 Å². The highest BCUT2D eigenvalue weighted by Gasteiger charge is 2.38. The van der Waals surface area contributed by atoms with Crippen LogP contribution < -0.4 is 5.32 Å². The number of carbonyl (C=O) groups excluding carboxylic acids is 1. The molecular formula is C26H36Cl2N6O4S. The van der Waals surface area contributed by atoms with E-state index in [0.717, 1.165) is 24.9 Å². The molecule has 0 saturated carbocycles. The zero-order valence-electron chi connectivity index (χ0n) is 22.7. The number of benzene rings is 1. The molecule has 4 rings (SSSR count). The van der Waals surface area contributed by atoms with Gasteiger partial charge in [0.2, 0.25) is 10.0 Å². The van der Waals surface area contributed by atoms with Crippen LogP contribution >= 0.6 is 23.2 Å². The number of rotatable bonds is 8. The van der Waals surface area contributed by atoms with Gasteiger partial charge >= 0.3 is 0 Å². The van der Waals surface area contributed by atoms with Crippen LogP contribution in [0.15, 0.2) is 24.5 Å². The number of methoxy groups -OCH3 is 1. The molecule has 0 radical (unpaired) electrons. The predicted molar refractivity (Wildman–Crippen MR) is 153 cm³/mol. The number of aromatic nitrogens is 2. The minimum absolute atomic E-state index is 0.103. The average molecular weight is 600 g/mol. The molecule has 2 atom stereocenters. The van der Waals surface area contributed by atoms with E-state index in [-0.39, 0.29) is 18.1 Å². The smallest absolute Gasteiger partial charge is 0.272 e. The molecule has 10 nitrogen and oxygen atoms in total. The number of anilines is 1. The van der Waals surface area contributed by atoms with E-state index in [2.05, 4.69) is 20.2 Å². The minimum atomic E-state index is -3.29. The standard InChI is InChI=1S/C26H36Cl2N6O4S/c1-17-24(30-16-31-25(17)29-14-18-5-6-20(27)21(28)13-18)26(35)33-10-7-19(8-11-33)34-12-9-22(23(15-34)38-3)32(2)39(4,36)37/h5-6,13,16,19,22-23H,7-12,14-15H2,1-4H3,(H,29,30,31)/t22?,23-/m1/s1. The number of ether oxygens (including phenoxy) is 1. The third kappa shape index (κ3) is 7.01. The van der Waals surface area contributed by atoms with Crippen LogP contribution in [0.1, 0.15) is 40.9 Å². The van der Waals surface area contributed by atoms with Crippen molar-refractivity contribution < 1.29 is 17.9 Å². The number of halogens is 2. The zero-order chi connectivity index (χ0) is 28.3. The Bertz CT molecular complexity index is 1290. The molecule has 1 aromatic heterocycles. The first-order valence-corrected chi connectivity index (χ1v) is 15.6. The summed E-state index contributed by atoms with van der Waals surface area (Å²) in [5, 5.41) is 4.25. The second-order valence-electron chi connectivity index (χ2n) is 10.2. The molecule has 2 aromatic rings. The largest absolute Gasteiger partial charge is 0.378 e. The van der Waals surface area contributed by atoms with E-state index < -0.39 is 10.0 Å². The minimum Gasteiger partial charge on any atom is -0.378 e. The van der Waals surface area contributed by atoms with E-state index in [1.807, 2.05) is 17.9 Å². The summed E-state index contributed by atoms with van der Waals surface area (Å²) >= 11 is 12.1. The van der Waals surface area contributed by atoms with Crippen molar-refractivity contribution in [1.29, 1.82) is 0 Å². The van der Waals surface area contributed by atoms with E-state index in [9.17, 15) is 13.2 Å². The summed E-state index contributed by atoms with van der Waals surface area (Å²) < 4.78 is 31.2. The zero-order valence-corrected chi connectivity index (χ0v) is 25.1. The summed E-state index contributed by atoms with van der Waals surface area (Å²) in [6.07, 6.45) is 4.82. The van der Waals surface area contributed by atoms with Gasteiger partial charge in [0.15, 0.2) is 0 Å². The van der Waals surface area contributed by atoms with Gasteiger partial charge in [0.25, 0.3) is 5.91 Å². The van der Waals surface area contributed by atoms with Gasteiger partial charge in [0, 0.05) is 58.5 Å². The lowest BCUT2D eigenvalue weighted by Gasteiger charge is -2.45. The number of amides is 1. The molecule has 214 valence electrons. The second-order valence-corrected chi connectivity index (χ2v) is 13.1. The number of likely N-dealkylation sites (N-methyl/N-ethyl adjacent to an activating group) is 1. The Balaban J connectivity index is 1.34.